The fourth-order valence-electron chi connectivity index (χ4n) is 2.71. The van der Waals surface area contributed by atoms with E-state index >= 15 is 0 Å². The van der Waals surface area contributed by atoms with E-state index in [9.17, 15) is 13.2 Å². The number of nitrogens with zero attached hydrogens (tertiary/aromatic N) is 2. The maximum absolute atomic E-state index is 12.3. The molecule has 0 radical (unpaired) electrons. The molecule has 0 spiro atoms. The predicted molar refractivity (Wildman–Crippen MR) is 67.8 cm³/mol. The van der Waals surface area contributed by atoms with Gasteiger partial charge in [0.2, 0.25) is 0 Å². The van der Waals surface area contributed by atoms with E-state index in [2.05, 4.69) is 5.92 Å². The number of alkyl halides is 3. The largest absolute Gasteiger partial charge is 0.389 e. The molecule has 1 rings (SSSR count). The Balaban J connectivity index is 2.62. The number of halogens is 3. The standard InChI is InChI=1S/C15H17F3N2/c1-2-12-3-5-13(6-4-12)9-14(10-19,11-20)7-8-15(16,17)18/h1,12-13H,3-9H2/t12-,13-. The van der Waals surface area contributed by atoms with Crippen molar-refractivity contribution in [3.05, 3.63) is 0 Å². The Morgan fingerprint density at radius 3 is 1.95 bits per heavy atom. The molecule has 1 aliphatic rings. The first-order chi connectivity index (χ1) is 9.34. The zero-order valence-corrected chi connectivity index (χ0v) is 11.2. The summed E-state index contributed by atoms with van der Waals surface area (Å²) in [5.41, 5.74) is -1.52. The monoisotopic (exact) mass is 282 g/mol. The van der Waals surface area contributed by atoms with Gasteiger partial charge in [-0.05, 0) is 44.4 Å². The molecule has 0 N–H and O–H groups in total. The first-order valence-electron chi connectivity index (χ1n) is 6.69. The van der Waals surface area contributed by atoms with Crippen LogP contribution in [0.1, 0.15) is 44.9 Å². The lowest BCUT2D eigenvalue weighted by molar-refractivity contribution is -0.138. The van der Waals surface area contributed by atoms with Crippen LogP contribution in [-0.4, -0.2) is 6.18 Å². The van der Waals surface area contributed by atoms with Crippen molar-refractivity contribution in [1.82, 2.24) is 0 Å². The average molecular weight is 282 g/mol. The lowest BCUT2D eigenvalue weighted by Gasteiger charge is -2.30. The highest BCUT2D eigenvalue weighted by molar-refractivity contribution is 5.14. The van der Waals surface area contributed by atoms with E-state index in [-0.39, 0.29) is 18.3 Å². The van der Waals surface area contributed by atoms with Crippen LogP contribution in [-0.2, 0) is 0 Å². The van der Waals surface area contributed by atoms with E-state index in [0.29, 0.717) is 0 Å². The van der Waals surface area contributed by atoms with Crippen LogP contribution >= 0.6 is 0 Å². The van der Waals surface area contributed by atoms with Crippen LogP contribution in [0.15, 0.2) is 0 Å². The van der Waals surface area contributed by atoms with Crippen molar-refractivity contribution in [3.8, 4) is 24.5 Å². The Morgan fingerprint density at radius 1 is 1.00 bits per heavy atom. The van der Waals surface area contributed by atoms with Gasteiger partial charge in [-0.25, -0.2) is 0 Å². The normalized spacial score (nSPS) is 23.4. The summed E-state index contributed by atoms with van der Waals surface area (Å²) < 4.78 is 36.9. The summed E-state index contributed by atoms with van der Waals surface area (Å²) in [5, 5.41) is 18.3. The van der Waals surface area contributed by atoms with Crippen molar-refractivity contribution < 1.29 is 13.2 Å². The van der Waals surface area contributed by atoms with Crippen molar-refractivity contribution in [2.45, 2.75) is 51.1 Å². The minimum atomic E-state index is -4.33. The highest BCUT2D eigenvalue weighted by Crippen LogP contribution is 2.40. The van der Waals surface area contributed by atoms with Crippen LogP contribution in [0, 0.1) is 52.3 Å². The molecular formula is C15H17F3N2. The van der Waals surface area contributed by atoms with Gasteiger partial charge in [-0.3, -0.25) is 0 Å². The Hall–Kier alpha value is -1.67. The molecule has 0 aliphatic heterocycles. The number of terminal acetylenes is 1. The molecular weight excluding hydrogens is 265 g/mol. The van der Waals surface area contributed by atoms with Crippen LogP contribution in [0.25, 0.3) is 0 Å². The van der Waals surface area contributed by atoms with E-state index in [1.54, 1.807) is 0 Å². The average Bonchev–Trinajstić information content (AvgIpc) is 2.43. The van der Waals surface area contributed by atoms with Gasteiger partial charge in [0.05, 0.1) is 12.1 Å². The van der Waals surface area contributed by atoms with Crippen LogP contribution in [0.5, 0.6) is 0 Å². The molecule has 0 unspecified atom stereocenters. The van der Waals surface area contributed by atoms with Crippen molar-refractivity contribution in [2.24, 2.45) is 17.3 Å². The lowest BCUT2D eigenvalue weighted by Crippen LogP contribution is -2.26. The van der Waals surface area contributed by atoms with Gasteiger partial charge < -0.3 is 0 Å². The molecule has 108 valence electrons. The van der Waals surface area contributed by atoms with E-state index in [0.717, 1.165) is 25.7 Å². The van der Waals surface area contributed by atoms with Gasteiger partial charge in [0.1, 0.15) is 5.41 Å². The summed E-state index contributed by atoms with van der Waals surface area (Å²) in [6.07, 6.45) is 2.91. The third-order valence-corrected chi connectivity index (χ3v) is 3.98. The number of hydrogen-bond donors (Lipinski definition) is 0. The molecule has 0 aromatic heterocycles. The van der Waals surface area contributed by atoms with Gasteiger partial charge in [-0.2, -0.15) is 23.7 Å². The third-order valence-electron chi connectivity index (χ3n) is 3.98. The predicted octanol–water partition coefficient (Wildman–Crippen LogP) is 4.19. The molecule has 1 saturated carbocycles. The van der Waals surface area contributed by atoms with Gasteiger partial charge in [0.25, 0.3) is 0 Å². The van der Waals surface area contributed by atoms with Crippen LogP contribution in [0.2, 0.25) is 0 Å². The summed E-state index contributed by atoms with van der Waals surface area (Å²) in [4.78, 5) is 0. The van der Waals surface area contributed by atoms with E-state index in [1.165, 1.54) is 0 Å². The molecule has 0 saturated heterocycles. The minimum Gasteiger partial charge on any atom is -0.197 e. The second-order valence-corrected chi connectivity index (χ2v) is 5.51. The van der Waals surface area contributed by atoms with E-state index in [1.807, 2.05) is 12.1 Å². The van der Waals surface area contributed by atoms with Gasteiger partial charge >= 0.3 is 6.18 Å². The van der Waals surface area contributed by atoms with Crippen molar-refractivity contribution in [3.63, 3.8) is 0 Å². The lowest BCUT2D eigenvalue weighted by atomic mass is 9.72. The molecule has 5 heteroatoms. The van der Waals surface area contributed by atoms with Crippen molar-refractivity contribution >= 4 is 0 Å². The number of nitriles is 2. The molecule has 0 aromatic rings. The molecule has 0 bridgehead atoms. The molecule has 0 amide bonds. The highest BCUT2D eigenvalue weighted by Gasteiger charge is 2.39. The smallest absolute Gasteiger partial charge is 0.197 e. The molecule has 0 heterocycles. The van der Waals surface area contributed by atoms with Crippen LogP contribution in [0.3, 0.4) is 0 Å². The van der Waals surface area contributed by atoms with Gasteiger partial charge in [-0.1, -0.05) is 0 Å². The Kier molecular flexibility index (Phi) is 5.46. The quantitative estimate of drug-likeness (QED) is 0.726. The second kappa shape index (κ2) is 6.67. The molecule has 1 fully saturated rings. The van der Waals surface area contributed by atoms with Crippen molar-refractivity contribution in [2.75, 3.05) is 0 Å². The Labute approximate surface area is 117 Å². The molecule has 20 heavy (non-hydrogen) atoms. The van der Waals surface area contributed by atoms with E-state index in [4.69, 9.17) is 16.9 Å². The van der Waals surface area contributed by atoms with Gasteiger partial charge in [0.15, 0.2) is 0 Å². The zero-order valence-electron chi connectivity index (χ0n) is 11.2. The fraction of sp³-hybridized carbons (Fsp3) is 0.733. The third kappa shape index (κ3) is 4.78. The summed E-state index contributed by atoms with van der Waals surface area (Å²) in [6.45, 7) is 0. The Morgan fingerprint density at radius 2 is 1.55 bits per heavy atom. The summed E-state index contributed by atoms with van der Waals surface area (Å²) >= 11 is 0. The van der Waals surface area contributed by atoms with Crippen LogP contribution in [0.4, 0.5) is 13.2 Å². The first kappa shape index (κ1) is 16.4. The fourth-order valence-corrected chi connectivity index (χ4v) is 2.71. The zero-order chi connectivity index (χ0) is 15.2. The SMILES string of the molecule is C#C[C@H]1CC[C@H](CC(C#N)(C#N)CCC(F)(F)F)CC1. The molecule has 1 aliphatic carbocycles. The highest BCUT2D eigenvalue weighted by atomic mass is 19.4. The van der Waals surface area contributed by atoms with Crippen LogP contribution < -0.4 is 0 Å². The van der Waals surface area contributed by atoms with Gasteiger partial charge in [-0.15, -0.1) is 12.3 Å². The molecule has 0 aromatic carbocycles. The van der Waals surface area contributed by atoms with Crippen molar-refractivity contribution in [1.29, 1.82) is 10.5 Å². The molecule has 2 nitrogen and oxygen atoms in total. The molecule has 0 atom stereocenters. The summed E-state index contributed by atoms with van der Waals surface area (Å²) in [6, 6.07) is 3.62. The van der Waals surface area contributed by atoms with E-state index < -0.39 is 24.4 Å². The minimum absolute atomic E-state index is 0.118. The maximum Gasteiger partial charge on any atom is 0.389 e. The first-order valence-corrected chi connectivity index (χ1v) is 6.69. The maximum atomic E-state index is 12.3. The second-order valence-electron chi connectivity index (χ2n) is 5.51. The number of hydrogen-bond acceptors (Lipinski definition) is 2. The Bertz CT molecular complexity index is 426. The number of rotatable bonds is 4. The summed E-state index contributed by atoms with van der Waals surface area (Å²) in [5.74, 6) is 3.02. The van der Waals surface area contributed by atoms with Gasteiger partial charge in [0, 0.05) is 12.3 Å². The summed E-state index contributed by atoms with van der Waals surface area (Å²) in [7, 11) is 0. The topological polar surface area (TPSA) is 47.6 Å².